The summed E-state index contributed by atoms with van der Waals surface area (Å²) in [6.07, 6.45) is 3.77. The second-order valence-electron chi connectivity index (χ2n) is 14.9. The first-order valence-electron chi connectivity index (χ1n) is 17.7. The minimum Gasteiger partial charge on any atom is -0.461 e. The number of aromatic nitrogens is 7. The number of H-pyrrole nitrogens is 1. The molecular weight excluding hydrogens is 783 g/mol. The molecule has 2 atom stereocenters. The van der Waals surface area contributed by atoms with Gasteiger partial charge in [0.15, 0.2) is 5.65 Å². The Morgan fingerprint density at radius 2 is 2.00 bits per heavy atom. The summed E-state index contributed by atoms with van der Waals surface area (Å²) < 4.78 is 46.3. The molecule has 3 aliphatic heterocycles. The van der Waals surface area contributed by atoms with Crippen LogP contribution >= 0.6 is 22.6 Å². The van der Waals surface area contributed by atoms with Gasteiger partial charge < -0.3 is 24.0 Å². The SMILES string of the molecule is CCc1c(F)ccc2cc3n[nH]c(I)c3c(-c3nn(C)c4c5c(N6CCOC[C@@](C)(O)C6)nc(OC[C@@]67CCCN6C/C(=C\F)C7)nc5n(C)c34)c12. The number of halogens is 3. The van der Waals surface area contributed by atoms with Gasteiger partial charge in [0.25, 0.3) is 0 Å². The van der Waals surface area contributed by atoms with E-state index >= 15 is 4.39 Å². The fraction of sp³-hybridized carbons (Fsp3) is 0.459. The lowest BCUT2D eigenvalue weighted by Crippen LogP contribution is -2.44. The van der Waals surface area contributed by atoms with Gasteiger partial charge in [-0.1, -0.05) is 13.0 Å². The fourth-order valence-electron chi connectivity index (χ4n) is 8.97. The van der Waals surface area contributed by atoms with E-state index in [1.54, 1.807) is 13.0 Å². The lowest BCUT2D eigenvalue weighted by Gasteiger charge is -2.31. The Morgan fingerprint density at radius 3 is 2.81 bits per heavy atom. The molecule has 2 aromatic carbocycles. The Labute approximate surface area is 311 Å². The van der Waals surface area contributed by atoms with Crippen LogP contribution in [0.15, 0.2) is 30.1 Å². The smallest absolute Gasteiger partial charge is 0.320 e. The second-order valence-corrected chi connectivity index (χ2v) is 15.9. The van der Waals surface area contributed by atoms with Crippen LogP contribution in [0.25, 0.3) is 55.0 Å². The number of ether oxygens (including phenoxy) is 2. The van der Waals surface area contributed by atoms with Crippen molar-refractivity contribution in [2.24, 2.45) is 14.1 Å². The zero-order valence-electron chi connectivity index (χ0n) is 29.6. The van der Waals surface area contributed by atoms with Crippen LogP contribution in [-0.4, -0.2) is 102 Å². The number of benzene rings is 2. The van der Waals surface area contributed by atoms with E-state index < -0.39 is 5.60 Å². The van der Waals surface area contributed by atoms with E-state index in [1.807, 2.05) is 41.2 Å². The van der Waals surface area contributed by atoms with Crippen molar-refractivity contribution in [3.05, 3.63) is 45.2 Å². The first-order chi connectivity index (χ1) is 25.0. The van der Waals surface area contributed by atoms with E-state index in [0.29, 0.717) is 61.9 Å². The quantitative estimate of drug-likeness (QED) is 0.198. The van der Waals surface area contributed by atoms with Crippen molar-refractivity contribution in [2.75, 3.05) is 50.9 Å². The topological polar surface area (TPSA) is 122 Å². The summed E-state index contributed by atoms with van der Waals surface area (Å²) >= 11 is 2.25. The highest BCUT2D eigenvalue weighted by atomic mass is 127. The van der Waals surface area contributed by atoms with Crippen molar-refractivity contribution in [1.29, 1.82) is 0 Å². The maximum Gasteiger partial charge on any atom is 0.320 e. The van der Waals surface area contributed by atoms with E-state index in [4.69, 9.17) is 24.5 Å². The molecule has 0 saturated carbocycles. The highest BCUT2D eigenvalue weighted by molar-refractivity contribution is 14.1. The summed E-state index contributed by atoms with van der Waals surface area (Å²) in [5.41, 5.74) is 4.42. The number of nitrogens with one attached hydrogen (secondary N) is 1. The van der Waals surface area contributed by atoms with Crippen molar-refractivity contribution >= 4 is 72.2 Å². The normalized spacial score (nSPS) is 23.6. The molecule has 4 aromatic heterocycles. The van der Waals surface area contributed by atoms with Crippen LogP contribution in [0.1, 0.15) is 38.7 Å². The molecule has 3 fully saturated rings. The number of anilines is 1. The maximum atomic E-state index is 15.6. The highest BCUT2D eigenvalue weighted by Crippen LogP contribution is 2.46. The molecule has 0 radical (unpaired) electrons. The molecule has 272 valence electrons. The number of nitrogens with zero attached hydrogens (tertiary/aromatic N) is 8. The van der Waals surface area contributed by atoms with Gasteiger partial charge in [0.1, 0.15) is 33.2 Å². The van der Waals surface area contributed by atoms with Gasteiger partial charge in [-0.3, -0.25) is 14.7 Å². The Kier molecular flexibility index (Phi) is 8.02. The van der Waals surface area contributed by atoms with Crippen molar-refractivity contribution in [3.8, 4) is 17.3 Å². The van der Waals surface area contributed by atoms with Gasteiger partial charge in [-0.2, -0.15) is 20.2 Å². The average molecular weight is 824 g/mol. The molecule has 15 heteroatoms. The largest absolute Gasteiger partial charge is 0.461 e. The van der Waals surface area contributed by atoms with Crippen LogP contribution in [0.2, 0.25) is 0 Å². The molecule has 0 unspecified atom stereocenters. The van der Waals surface area contributed by atoms with E-state index in [2.05, 4.69) is 37.7 Å². The van der Waals surface area contributed by atoms with E-state index in [0.717, 1.165) is 78.6 Å². The summed E-state index contributed by atoms with van der Waals surface area (Å²) in [6, 6.07) is 5.53. The van der Waals surface area contributed by atoms with E-state index in [1.165, 1.54) is 6.07 Å². The van der Waals surface area contributed by atoms with Crippen molar-refractivity contribution in [3.63, 3.8) is 0 Å². The molecule has 0 aliphatic carbocycles. The van der Waals surface area contributed by atoms with E-state index in [9.17, 15) is 9.50 Å². The van der Waals surface area contributed by atoms with Gasteiger partial charge in [0, 0.05) is 38.1 Å². The summed E-state index contributed by atoms with van der Waals surface area (Å²) in [6.45, 7) is 6.91. The first kappa shape index (κ1) is 33.9. The Balaban J connectivity index is 1.29. The number of aromatic amines is 1. The standard InChI is InChI=1S/C37H40F2IN9O3/c1-5-22-23(39)8-7-21-13-24-26(32(40)44-43-24)27(25(21)22)29-31-30(47(4)45-29)28-33(46(31)3)41-35(42-34(28)48-11-12-51-18-36(2,50)17-48)52-19-37-9-6-10-49(37)16-20(14-37)15-38/h7-8,13,15,50H,5-6,9-12,14,16-19H2,1-4H3,(H,43,44)/b20-15-/t36-,37-/m0/s1. The fourth-order valence-corrected chi connectivity index (χ4v) is 9.64. The molecule has 0 amide bonds. The van der Waals surface area contributed by atoms with Crippen molar-refractivity contribution in [2.45, 2.75) is 50.7 Å². The van der Waals surface area contributed by atoms with Crippen LogP contribution in [0, 0.1) is 9.52 Å². The number of hydrogen-bond donors (Lipinski definition) is 2. The summed E-state index contributed by atoms with van der Waals surface area (Å²) in [5, 5.41) is 27.5. The number of rotatable bonds is 6. The van der Waals surface area contributed by atoms with Crippen LogP contribution in [0.4, 0.5) is 14.6 Å². The van der Waals surface area contributed by atoms with Gasteiger partial charge in [-0.25, -0.2) is 8.78 Å². The predicted octanol–water partition coefficient (Wildman–Crippen LogP) is 5.92. The highest BCUT2D eigenvalue weighted by Gasteiger charge is 2.47. The van der Waals surface area contributed by atoms with Crippen LogP contribution in [-0.2, 0) is 25.3 Å². The summed E-state index contributed by atoms with van der Waals surface area (Å²) in [4.78, 5) is 14.5. The lowest BCUT2D eigenvalue weighted by molar-refractivity contribution is -0.0123. The zero-order chi connectivity index (χ0) is 36.1. The number of aliphatic hydroxyl groups is 1. The molecule has 52 heavy (non-hydrogen) atoms. The molecule has 0 bridgehead atoms. The molecular formula is C37H40F2IN9O3. The van der Waals surface area contributed by atoms with Crippen molar-refractivity contribution in [1.82, 2.24) is 39.4 Å². The monoisotopic (exact) mass is 823 g/mol. The third-order valence-electron chi connectivity index (χ3n) is 11.2. The van der Waals surface area contributed by atoms with Gasteiger partial charge in [-0.15, -0.1) is 0 Å². The third-order valence-corrected chi connectivity index (χ3v) is 12.0. The van der Waals surface area contributed by atoms with Crippen LogP contribution in [0.5, 0.6) is 6.01 Å². The Hall–Kier alpha value is -3.93. The molecule has 2 N–H and O–H groups in total. The van der Waals surface area contributed by atoms with Gasteiger partial charge in [-0.05, 0) is 95.8 Å². The third kappa shape index (κ3) is 5.13. The summed E-state index contributed by atoms with van der Waals surface area (Å²) in [5.74, 6) is 0.337. The maximum absolute atomic E-state index is 15.6. The number of fused-ring (bicyclic) bond motifs is 6. The Morgan fingerprint density at radius 1 is 1.15 bits per heavy atom. The number of hydrogen-bond acceptors (Lipinski definition) is 9. The molecule has 3 saturated heterocycles. The van der Waals surface area contributed by atoms with Gasteiger partial charge >= 0.3 is 6.01 Å². The summed E-state index contributed by atoms with van der Waals surface area (Å²) in [7, 11) is 3.85. The molecule has 7 heterocycles. The minimum atomic E-state index is -1.13. The van der Waals surface area contributed by atoms with Gasteiger partial charge in [0.2, 0.25) is 0 Å². The average Bonchev–Trinajstić information content (AvgIpc) is 3.90. The first-order valence-corrected chi connectivity index (χ1v) is 18.8. The molecule has 9 rings (SSSR count). The lowest BCUT2D eigenvalue weighted by atomic mass is 9.92. The van der Waals surface area contributed by atoms with E-state index in [-0.39, 0.29) is 30.5 Å². The molecule has 3 aliphatic rings. The molecule has 12 nitrogen and oxygen atoms in total. The van der Waals surface area contributed by atoms with Crippen molar-refractivity contribution < 1.29 is 23.4 Å². The zero-order valence-corrected chi connectivity index (χ0v) is 31.7. The number of aryl methyl sites for hydroxylation is 3. The number of β-amino-alcohol motifs (C(OH)–C–C–N with tert-alkyl or cyclic N) is 1. The minimum absolute atomic E-state index is 0.195. The van der Waals surface area contributed by atoms with Gasteiger partial charge in [0.05, 0.1) is 53.6 Å². The Bertz CT molecular complexity index is 2450. The predicted molar refractivity (Wildman–Crippen MR) is 204 cm³/mol. The van der Waals surface area contributed by atoms with Crippen LogP contribution < -0.4 is 9.64 Å². The molecule has 6 aromatic rings. The molecule has 0 spiro atoms. The van der Waals surface area contributed by atoms with Crippen LogP contribution in [0.3, 0.4) is 0 Å². The second kappa shape index (κ2) is 12.3.